The summed E-state index contributed by atoms with van der Waals surface area (Å²) in [5, 5.41) is 0. The van der Waals surface area contributed by atoms with Crippen molar-refractivity contribution in [2.75, 3.05) is 6.54 Å². The molecule has 24 heavy (non-hydrogen) atoms. The number of amides is 1. The molecule has 2 aromatic carbocycles. The van der Waals surface area contributed by atoms with Gasteiger partial charge in [-0.1, -0.05) is 17.9 Å². The summed E-state index contributed by atoms with van der Waals surface area (Å²) in [4.78, 5) is 9.88. The lowest BCUT2D eigenvalue weighted by Crippen LogP contribution is -2.26. The first kappa shape index (κ1) is 17.6. The van der Waals surface area contributed by atoms with Gasteiger partial charge in [-0.2, -0.15) is 4.72 Å². The van der Waals surface area contributed by atoms with E-state index in [-0.39, 0.29) is 6.54 Å². The van der Waals surface area contributed by atoms with E-state index < -0.39 is 32.5 Å². The minimum Gasteiger partial charge on any atom is -0.366 e. The molecule has 0 aromatic heterocycles. The molecule has 8 heteroatoms. The van der Waals surface area contributed by atoms with Crippen molar-refractivity contribution in [1.82, 2.24) is 4.72 Å². The van der Waals surface area contributed by atoms with Crippen LogP contribution in [0.3, 0.4) is 0 Å². The van der Waals surface area contributed by atoms with Gasteiger partial charge in [0.2, 0.25) is 15.9 Å². The van der Waals surface area contributed by atoms with Gasteiger partial charge in [0.25, 0.3) is 0 Å². The number of benzene rings is 2. The standard InChI is InChI=1S/C16H12F2N2O3S/c17-13-4-1-5-14(18)15(13)24(22,23)20-10-2-3-11-6-8-12(9-7-11)16(19)21/h1,4-9,20H,10H2,(H2,19,21). The van der Waals surface area contributed by atoms with Crippen LogP contribution in [-0.4, -0.2) is 20.9 Å². The van der Waals surface area contributed by atoms with E-state index in [1.54, 1.807) is 0 Å². The van der Waals surface area contributed by atoms with Crippen molar-refractivity contribution in [2.45, 2.75) is 4.90 Å². The monoisotopic (exact) mass is 350 g/mol. The Morgan fingerprint density at radius 1 is 1.08 bits per heavy atom. The Hall–Kier alpha value is -2.76. The Labute approximate surface area is 137 Å². The van der Waals surface area contributed by atoms with E-state index in [1.165, 1.54) is 24.3 Å². The van der Waals surface area contributed by atoms with Gasteiger partial charge in [0.15, 0.2) is 4.90 Å². The second-order valence-corrected chi connectivity index (χ2v) is 6.32. The summed E-state index contributed by atoms with van der Waals surface area (Å²) in [6.07, 6.45) is 0. The molecule has 0 radical (unpaired) electrons. The summed E-state index contributed by atoms with van der Waals surface area (Å²) >= 11 is 0. The number of rotatable bonds is 4. The van der Waals surface area contributed by atoms with Crippen molar-refractivity contribution < 1.29 is 22.0 Å². The largest absolute Gasteiger partial charge is 0.366 e. The van der Waals surface area contributed by atoms with Crippen molar-refractivity contribution in [3.05, 3.63) is 65.2 Å². The van der Waals surface area contributed by atoms with Gasteiger partial charge in [0, 0.05) is 11.1 Å². The van der Waals surface area contributed by atoms with Crippen molar-refractivity contribution >= 4 is 15.9 Å². The summed E-state index contributed by atoms with van der Waals surface area (Å²) in [6, 6.07) is 8.80. The molecule has 0 bridgehead atoms. The number of carbonyl (C=O) groups excluding carboxylic acids is 1. The first-order valence-electron chi connectivity index (χ1n) is 6.63. The van der Waals surface area contributed by atoms with Crippen LogP contribution >= 0.6 is 0 Å². The number of nitrogens with two attached hydrogens (primary N) is 1. The first-order valence-corrected chi connectivity index (χ1v) is 8.12. The zero-order valence-corrected chi connectivity index (χ0v) is 13.0. The third kappa shape index (κ3) is 4.16. The summed E-state index contributed by atoms with van der Waals surface area (Å²) in [5.74, 6) is 2.22. The second kappa shape index (κ2) is 7.21. The van der Waals surface area contributed by atoms with Gasteiger partial charge in [-0.3, -0.25) is 4.79 Å². The average Bonchev–Trinajstić information content (AvgIpc) is 2.51. The van der Waals surface area contributed by atoms with Crippen LogP contribution in [0.15, 0.2) is 47.4 Å². The van der Waals surface area contributed by atoms with Crippen LogP contribution in [0, 0.1) is 23.5 Å². The number of sulfonamides is 1. The topological polar surface area (TPSA) is 89.3 Å². The predicted octanol–water partition coefficient (Wildman–Crippen LogP) is 1.39. The number of hydrogen-bond acceptors (Lipinski definition) is 3. The van der Waals surface area contributed by atoms with E-state index in [9.17, 15) is 22.0 Å². The van der Waals surface area contributed by atoms with Gasteiger partial charge in [-0.15, -0.1) is 0 Å². The Bertz CT molecular complexity index is 910. The lowest BCUT2D eigenvalue weighted by molar-refractivity contribution is 0.100. The molecule has 0 saturated carbocycles. The van der Waals surface area contributed by atoms with Crippen LogP contribution in [0.4, 0.5) is 8.78 Å². The van der Waals surface area contributed by atoms with E-state index in [4.69, 9.17) is 5.73 Å². The van der Waals surface area contributed by atoms with E-state index in [0.29, 0.717) is 11.1 Å². The predicted molar refractivity (Wildman–Crippen MR) is 83.4 cm³/mol. The van der Waals surface area contributed by atoms with Crippen molar-refractivity contribution in [3.63, 3.8) is 0 Å². The van der Waals surface area contributed by atoms with Crippen molar-refractivity contribution in [3.8, 4) is 11.8 Å². The Kier molecular flexibility index (Phi) is 5.28. The van der Waals surface area contributed by atoms with Crippen molar-refractivity contribution in [1.29, 1.82) is 0 Å². The van der Waals surface area contributed by atoms with Crippen molar-refractivity contribution in [2.24, 2.45) is 5.73 Å². The normalized spacial score (nSPS) is 10.8. The van der Waals surface area contributed by atoms with Gasteiger partial charge in [-0.05, 0) is 36.4 Å². The van der Waals surface area contributed by atoms with Gasteiger partial charge < -0.3 is 5.73 Å². The fourth-order valence-electron chi connectivity index (χ4n) is 1.81. The van der Waals surface area contributed by atoms with Gasteiger partial charge in [0.05, 0.1) is 6.54 Å². The van der Waals surface area contributed by atoms with E-state index in [0.717, 1.165) is 18.2 Å². The molecule has 0 heterocycles. The molecule has 0 spiro atoms. The van der Waals surface area contributed by atoms with E-state index in [2.05, 4.69) is 11.8 Å². The number of carbonyl (C=O) groups is 1. The fraction of sp³-hybridized carbons (Fsp3) is 0.0625. The molecule has 2 aromatic rings. The molecule has 0 aliphatic carbocycles. The minimum atomic E-state index is -4.36. The molecule has 2 rings (SSSR count). The van der Waals surface area contributed by atoms with Gasteiger partial charge >= 0.3 is 0 Å². The summed E-state index contributed by atoms with van der Waals surface area (Å²) < 4.78 is 52.8. The van der Waals surface area contributed by atoms with Crippen LogP contribution in [0.1, 0.15) is 15.9 Å². The molecule has 0 aliphatic rings. The molecular formula is C16H12F2N2O3S. The van der Waals surface area contributed by atoms with Crippen LogP contribution < -0.4 is 10.5 Å². The molecular weight excluding hydrogens is 338 g/mol. The fourth-order valence-corrected chi connectivity index (χ4v) is 2.86. The zero-order valence-electron chi connectivity index (χ0n) is 12.2. The molecule has 1 amide bonds. The number of halogens is 2. The molecule has 124 valence electrons. The molecule has 0 fully saturated rings. The van der Waals surface area contributed by atoms with Crippen LogP contribution in [0.25, 0.3) is 0 Å². The quantitative estimate of drug-likeness (QED) is 0.817. The number of primary amides is 1. The highest BCUT2D eigenvalue weighted by atomic mass is 32.2. The first-order chi connectivity index (χ1) is 11.3. The molecule has 0 atom stereocenters. The third-order valence-electron chi connectivity index (χ3n) is 2.94. The average molecular weight is 350 g/mol. The summed E-state index contributed by atoms with van der Waals surface area (Å²) in [5.41, 5.74) is 5.94. The third-order valence-corrected chi connectivity index (χ3v) is 4.39. The Morgan fingerprint density at radius 2 is 1.67 bits per heavy atom. The smallest absolute Gasteiger partial charge is 0.248 e. The maximum absolute atomic E-state index is 13.5. The Morgan fingerprint density at radius 3 is 2.21 bits per heavy atom. The van der Waals surface area contributed by atoms with Crippen LogP contribution in [-0.2, 0) is 10.0 Å². The highest BCUT2D eigenvalue weighted by Crippen LogP contribution is 2.17. The highest BCUT2D eigenvalue weighted by molar-refractivity contribution is 7.89. The lowest BCUT2D eigenvalue weighted by atomic mass is 10.1. The minimum absolute atomic E-state index is 0.316. The van der Waals surface area contributed by atoms with Crippen LogP contribution in [0.2, 0.25) is 0 Å². The molecule has 3 N–H and O–H groups in total. The maximum atomic E-state index is 13.5. The zero-order chi connectivity index (χ0) is 17.7. The summed E-state index contributed by atoms with van der Waals surface area (Å²) in [6.45, 7) is -0.340. The lowest BCUT2D eigenvalue weighted by Gasteiger charge is -2.05. The second-order valence-electron chi connectivity index (χ2n) is 4.62. The number of hydrogen-bond donors (Lipinski definition) is 2. The van der Waals surface area contributed by atoms with E-state index >= 15 is 0 Å². The highest BCUT2D eigenvalue weighted by Gasteiger charge is 2.22. The molecule has 0 aliphatic heterocycles. The van der Waals surface area contributed by atoms with Crippen LogP contribution in [0.5, 0.6) is 0 Å². The SMILES string of the molecule is NC(=O)c1ccc(C#CCNS(=O)(=O)c2c(F)cccc2F)cc1. The molecule has 5 nitrogen and oxygen atoms in total. The van der Waals surface area contributed by atoms with Gasteiger partial charge in [-0.25, -0.2) is 17.2 Å². The summed E-state index contributed by atoms with van der Waals surface area (Å²) in [7, 11) is -4.36. The van der Waals surface area contributed by atoms with E-state index in [1.807, 2.05) is 4.72 Å². The maximum Gasteiger partial charge on any atom is 0.248 e. The molecule has 0 unspecified atom stereocenters. The van der Waals surface area contributed by atoms with Gasteiger partial charge in [0.1, 0.15) is 11.6 Å². The molecule has 0 saturated heterocycles. The number of nitrogens with one attached hydrogen (secondary N) is 1. The Balaban J connectivity index is 2.08.